The number of hydrogen-bond acceptors (Lipinski definition) is 2. The molecule has 0 aliphatic carbocycles. The fourth-order valence-corrected chi connectivity index (χ4v) is 3.51. The van der Waals surface area contributed by atoms with Gasteiger partial charge in [0.25, 0.3) is 0 Å². The van der Waals surface area contributed by atoms with Gasteiger partial charge in [-0.05, 0) is 47.5 Å². The molecule has 0 saturated heterocycles. The summed E-state index contributed by atoms with van der Waals surface area (Å²) in [6, 6.07) is 18.1. The molecule has 1 heterocycles. The van der Waals surface area contributed by atoms with Crippen molar-refractivity contribution in [1.82, 2.24) is 4.90 Å². The summed E-state index contributed by atoms with van der Waals surface area (Å²) in [5.74, 6) is -1.73. The molecule has 3 aromatic carbocycles. The van der Waals surface area contributed by atoms with E-state index in [4.69, 9.17) is 0 Å². The number of amides is 2. The van der Waals surface area contributed by atoms with E-state index in [9.17, 15) is 18.4 Å². The van der Waals surface area contributed by atoms with Gasteiger partial charge in [0.2, 0.25) is 11.8 Å². The Labute approximate surface area is 172 Å². The number of benzene rings is 3. The highest BCUT2D eigenvalue weighted by Gasteiger charge is 2.32. The molecule has 0 aromatic heterocycles. The van der Waals surface area contributed by atoms with Crippen LogP contribution in [-0.4, -0.2) is 23.3 Å². The lowest BCUT2D eigenvalue weighted by atomic mass is 9.95. The molecule has 0 spiro atoms. The first-order valence-electron chi connectivity index (χ1n) is 9.40. The molecule has 4 rings (SSSR count). The molecule has 2 amide bonds. The van der Waals surface area contributed by atoms with Crippen molar-refractivity contribution in [3.8, 4) is 0 Å². The van der Waals surface area contributed by atoms with Crippen molar-refractivity contribution >= 4 is 23.6 Å². The van der Waals surface area contributed by atoms with Crippen LogP contribution in [0.2, 0.25) is 0 Å². The fourth-order valence-electron chi connectivity index (χ4n) is 3.51. The van der Waals surface area contributed by atoms with Gasteiger partial charge in [-0.15, -0.1) is 0 Å². The Hall–Kier alpha value is -3.80. The van der Waals surface area contributed by atoms with Crippen molar-refractivity contribution in [2.24, 2.45) is 0 Å². The monoisotopic (exact) mass is 404 g/mol. The third kappa shape index (κ3) is 4.12. The number of hydrogen-bond donors (Lipinski definition) is 1. The maximum atomic E-state index is 14.1. The second kappa shape index (κ2) is 8.29. The lowest BCUT2D eigenvalue weighted by Gasteiger charge is -2.29. The van der Waals surface area contributed by atoms with Crippen LogP contribution < -0.4 is 5.32 Å². The van der Waals surface area contributed by atoms with Crippen molar-refractivity contribution in [3.63, 3.8) is 0 Å². The average molecular weight is 404 g/mol. The molecule has 1 N–H and O–H groups in total. The second-order valence-corrected chi connectivity index (χ2v) is 6.94. The van der Waals surface area contributed by atoms with Gasteiger partial charge in [-0.3, -0.25) is 9.59 Å². The predicted molar refractivity (Wildman–Crippen MR) is 110 cm³/mol. The van der Waals surface area contributed by atoms with Gasteiger partial charge in [0.1, 0.15) is 18.2 Å². The van der Waals surface area contributed by atoms with E-state index in [1.54, 1.807) is 6.08 Å². The number of carbonyl (C=O) groups excluding carboxylic acids is 2. The van der Waals surface area contributed by atoms with Gasteiger partial charge in [-0.1, -0.05) is 42.5 Å². The van der Waals surface area contributed by atoms with Crippen LogP contribution in [0.15, 0.2) is 78.9 Å². The van der Waals surface area contributed by atoms with Gasteiger partial charge < -0.3 is 10.2 Å². The number of fused-ring (bicyclic) bond motifs is 1. The number of nitrogens with one attached hydrogen (secondary N) is 1. The topological polar surface area (TPSA) is 49.4 Å². The molecule has 1 atom stereocenters. The first kappa shape index (κ1) is 19.5. The Balaban J connectivity index is 1.79. The van der Waals surface area contributed by atoms with Crippen LogP contribution in [0.1, 0.15) is 22.7 Å². The minimum absolute atomic E-state index is 0.226. The quantitative estimate of drug-likeness (QED) is 0.651. The molecule has 1 aliphatic heterocycles. The summed E-state index contributed by atoms with van der Waals surface area (Å²) < 4.78 is 27.6. The second-order valence-electron chi connectivity index (χ2n) is 6.94. The zero-order valence-electron chi connectivity index (χ0n) is 15.9. The van der Waals surface area contributed by atoms with Gasteiger partial charge in [0.15, 0.2) is 0 Å². The summed E-state index contributed by atoms with van der Waals surface area (Å²) in [6.45, 7) is -0.226. The summed E-state index contributed by atoms with van der Waals surface area (Å²) in [5, 5.41) is 2.72. The molecule has 0 radical (unpaired) electrons. The van der Waals surface area contributed by atoms with E-state index >= 15 is 0 Å². The molecule has 0 bridgehead atoms. The van der Waals surface area contributed by atoms with Crippen LogP contribution in [0.3, 0.4) is 0 Å². The van der Waals surface area contributed by atoms with Crippen LogP contribution in [0.4, 0.5) is 14.5 Å². The van der Waals surface area contributed by atoms with E-state index in [0.29, 0.717) is 16.8 Å². The lowest BCUT2D eigenvalue weighted by molar-refractivity contribution is -0.131. The van der Waals surface area contributed by atoms with Crippen LogP contribution in [-0.2, 0) is 9.59 Å². The van der Waals surface area contributed by atoms with Crippen molar-refractivity contribution in [2.75, 3.05) is 11.9 Å². The Kier molecular flexibility index (Phi) is 5.39. The van der Waals surface area contributed by atoms with Gasteiger partial charge >= 0.3 is 0 Å². The van der Waals surface area contributed by atoms with Crippen molar-refractivity contribution < 1.29 is 18.4 Å². The van der Waals surface area contributed by atoms with Crippen molar-refractivity contribution in [1.29, 1.82) is 0 Å². The molecule has 6 heteroatoms. The average Bonchev–Trinajstić information content (AvgIpc) is 2.89. The molecule has 30 heavy (non-hydrogen) atoms. The van der Waals surface area contributed by atoms with Crippen LogP contribution in [0.5, 0.6) is 0 Å². The number of halogens is 2. The highest BCUT2D eigenvalue weighted by atomic mass is 19.1. The Morgan fingerprint density at radius 2 is 1.67 bits per heavy atom. The summed E-state index contributed by atoms with van der Waals surface area (Å²) in [6.07, 6.45) is 3.03. The zero-order chi connectivity index (χ0) is 21.1. The number of anilines is 1. The zero-order valence-corrected chi connectivity index (χ0v) is 15.9. The van der Waals surface area contributed by atoms with E-state index in [2.05, 4.69) is 5.32 Å². The predicted octanol–water partition coefficient (Wildman–Crippen LogP) is 4.55. The fraction of sp³-hybridized carbons (Fsp3) is 0.0833. The summed E-state index contributed by atoms with van der Waals surface area (Å²) in [5.41, 5.74) is 2.24. The molecule has 0 saturated carbocycles. The van der Waals surface area contributed by atoms with Crippen molar-refractivity contribution in [3.05, 3.63) is 107 Å². The first-order chi connectivity index (χ1) is 14.5. The van der Waals surface area contributed by atoms with Gasteiger partial charge in [-0.2, -0.15) is 0 Å². The minimum atomic E-state index is -0.761. The van der Waals surface area contributed by atoms with E-state index < -0.39 is 29.5 Å². The Bertz CT molecular complexity index is 1110. The third-order valence-corrected chi connectivity index (χ3v) is 4.89. The summed E-state index contributed by atoms with van der Waals surface area (Å²) in [7, 11) is 0. The van der Waals surface area contributed by atoms with Gasteiger partial charge in [0, 0.05) is 17.3 Å². The lowest BCUT2D eigenvalue weighted by Crippen LogP contribution is -2.38. The van der Waals surface area contributed by atoms with E-state index in [-0.39, 0.29) is 6.54 Å². The molecular formula is C24H18F2N2O2. The van der Waals surface area contributed by atoms with Crippen LogP contribution in [0.25, 0.3) is 6.08 Å². The van der Waals surface area contributed by atoms with Gasteiger partial charge in [0.05, 0.1) is 6.04 Å². The van der Waals surface area contributed by atoms with Crippen LogP contribution >= 0.6 is 0 Å². The number of carbonyl (C=O) groups is 2. The first-order valence-corrected chi connectivity index (χ1v) is 9.40. The van der Waals surface area contributed by atoms with E-state index in [0.717, 1.165) is 5.56 Å². The number of rotatable bonds is 3. The highest BCUT2D eigenvalue weighted by Crippen LogP contribution is 2.36. The Morgan fingerprint density at radius 1 is 0.967 bits per heavy atom. The maximum absolute atomic E-state index is 14.1. The minimum Gasteiger partial charge on any atom is -0.324 e. The molecule has 4 nitrogen and oxygen atoms in total. The maximum Gasteiger partial charge on any atom is 0.247 e. The van der Waals surface area contributed by atoms with Gasteiger partial charge in [-0.25, -0.2) is 8.78 Å². The highest BCUT2D eigenvalue weighted by molar-refractivity contribution is 6.00. The third-order valence-electron chi connectivity index (χ3n) is 4.89. The molecule has 0 unspecified atom stereocenters. The number of nitrogens with zero attached hydrogens (tertiary/aromatic N) is 1. The Morgan fingerprint density at radius 3 is 2.40 bits per heavy atom. The van der Waals surface area contributed by atoms with E-state index in [1.165, 1.54) is 53.4 Å². The standard InChI is InChI=1S/C24H18F2N2O2/c25-18-9-7-17(8-10-18)24-20-14-19(26)11-12-21(20)27-22(29)15-28(24)23(30)13-6-16-4-2-1-3-5-16/h1-14,24H,15H2,(H,27,29)/b13-6+/t24-/m0/s1. The van der Waals surface area contributed by atoms with Crippen LogP contribution in [0, 0.1) is 11.6 Å². The van der Waals surface area contributed by atoms with E-state index in [1.807, 2.05) is 30.3 Å². The molecule has 150 valence electrons. The smallest absolute Gasteiger partial charge is 0.247 e. The summed E-state index contributed by atoms with van der Waals surface area (Å²) in [4.78, 5) is 26.9. The van der Waals surface area contributed by atoms with Crippen molar-refractivity contribution in [2.45, 2.75) is 6.04 Å². The normalized spacial score (nSPS) is 16.1. The molecular weight excluding hydrogens is 386 g/mol. The SMILES string of the molecule is O=C1CN(C(=O)/C=C/c2ccccc2)[C@@H](c2ccc(F)cc2)c2cc(F)ccc2N1. The molecule has 3 aromatic rings. The molecule has 1 aliphatic rings. The summed E-state index contributed by atoms with van der Waals surface area (Å²) >= 11 is 0. The largest absolute Gasteiger partial charge is 0.324 e. The molecule has 0 fully saturated rings.